The fraction of sp³-hybridized carbons (Fsp3) is 0.357. The summed E-state index contributed by atoms with van der Waals surface area (Å²) < 4.78 is 17.3. The topological polar surface area (TPSA) is 86.3 Å². The standard InChI is InChI=1S/C14H15Br2N3O4/c1-4-22-8-6-7(9(15)10(16)13(8)21-3)11-12(18-19-17-11)14(20)23-5-2/h6H,4-5H2,1-3H3,(H,17,18,19). The Hall–Kier alpha value is -1.61. The Balaban J connectivity index is 2.61. The zero-order valence-electron chi connectivity index (χ0n) is 12.8. The Morgan fingerprint density at radius 1 is 1.22 bits per heavy atom. The Morgan fingerprint density at radius 3 is 2.57 bits per heavy atom. The van der Waals surface area contributed by atoms with E-state index in [9.17, 15) is 4.79 Å². The van der Waals surface area contributed by atoms with Crippen LogP contribution in [0.4, 0.5) is 0 Å². The monoisotopic (exact) mass is 447 g/mol. The van der Waals surface area contributed by atoms with E-state index in [-0.39, 0.29) is 12.3 Å². The first kappa shape index (κ1) is 17.7. The largest absolute Gasteiger partial charge is 0.492 e. The number of nitrogens with one attached hydrogen (secondary N) is 1. The van der Waals surface area contributed by atoms with Gasteiger partial charge >= 0.3 is 5.97 Å². The fourth-order valence-electron chi connectivity index (χ4n) is 1.97. The number of hydrogen-bond acceptors (Lipinski definition) is 6. The van der Waals surface area contributed by atoms with Gasteiger partial charge in [0.1, 0.15) is 5.69 Å². The number of carbonyl (C=O) groups is 1. The van der Waals surface area contributed by atoms with E-state index in [1.54, 1.807) is 20.1 Å². The molecule has 0 spiro atoms. The zero-order chi connectivity index (χ0) is 17.0. The summed E-state index contributed by atoms with van der Waals surface area (Å²) in [4.78, 5) is 12.0. The number of methoxy groups -OCH3 is 1. The maximum atomic E-state index is 12.0. The highest BCUT2D eigenvalue weighted by Crippen LogP contribution is 2.46. The predicted octanol–water partition coefficient (Wildman–Crippen LogP) is 3.58. The van der Waals surface area contributed by atoms with Crippen molar-refractivity contribution in [2.45, 2.75) is 13.8 Å². The van der Waals surface area contributed by atoms with Crippen LogP contribution < -0.4 is 9.47 Å². The highest BCUT2D eigenvalue weighted by Gasteiger charge is 2.25. The van der Waals surface area contributed by atoms with Gasteiger partial charge in [0.05, 0.1) is 24.8 Å². The van der Waals surface area contributed by atoms with Gasteiger partial charge in [0.25, 0.3) is 0 Å². The van der Waals surface area contributed by atoms with E-state index in [0.717, 1.165) is 0 Å². The molecule has 1 N–H and O–H groups in total. The molecule has 124 valence electrons. The summed E-state index contributed by atoms with van der Waals surface area (Å²) in [5.41, 5.74) is 1.09. The average molecular weight is 449 g/mol. The molecule has 1 aromatic carbocycles. The minimum absolute atomic E-state index is 0.104. The third-order valence-electron chi connectivity index (χ3n) is 2.90. The van der Waals surface area contributed by atoms with Crippen LogP contribution in [0, 0.1) is 0 Å². The van der Waals surface area contributed by atoms with Crippen LogP contribution in [-0.4, -0.2) is 41.7 Å². The number of carbonyl (C=O) groups excluding carboxylic acids is 1. The second-order valence-corrected chi connectivity index (χ2v) is 5.84. The summed E-state index contributed by atoms with van der Waals surface area (Å²) in [6.45, 7) is 4.32. The first-order valence-corrected chi connectivity index (χ1v) is 8.40. The molecule has 2 aromatic rings. The molecule has 0 bridgehead atoms. The van der Waals surface area contributed by atoms with E-state index < -0.39 is 5.97 Å². The van der Waals surface area contributed by atoms with Crippen LogP contribution in [0.15, 0.2) is 15.0 Å². The highest BCUT2D eigenvalue weighted by atomic mass is 79.9. The van der Waals surface area contributed by atoms with Crippen LogP contribution in [0.5, 0.6) is 11.5 Å². The van der Waals surface area contributed by atoms with Crippen molar-refractivity contribution in [3.05, 3.63) is 20.7 Å². The molecule has 2 rings (SSSR count). The van der Waals surface area contributed by atoms with E-state index in [1.165, 1.54) is 0 Å². The van der Waals surface area contributed by atoms with Crippen molar-refractivity contribution in [1.82, 2.24) is 15.4 Å². The van der Waals surface area contributed by atoms with Crippen molar-refractivity contribution < 1.29 is 19.0 Å². The number of aromatic amines is 1. The minimum Gasteiger partial charge on any atom is -0.492 e. The third kappa shape index (κ3) is 3.50. The Bertz CT molecular complexity index is 718. The van der Waals surface area contributed by atoms with Crippen molar-refractivity contribution in [1.29, 1.82) is 0 Å². The molecule has 23 heavy (non-hydrogen) atoms. The van der Waals surface area contributed by atoms with Gasteiger partial charge in [0, 0.05) is 10.0 Å². The summed E-state index contributed by atoms with van der Waals surface area (Å²) in [5.74, 6) is 0.523. The Morgan fingerprint density at radius 2 is 1.96 bits per heavy atom. The summed E-state index contributed by atoms with van der Waals surface area (Å²) in [6.07, 6.45) is 0. The number of rotatable bonds is 6. The molecule has 7 nitrogen and oxygen atoms in total. The molecule has 0 radical (unpaired) electrons. The van der Waals surface area contributed by atoms with Crippen molar-refractivity contribution >= 4 is 37.8 Å². The number of hydrogen-bond donors (Lipinski definition) is 1. The lowest BCUT2D eigenvalue weighted by molar-refractivity contribution is 0.0520. The van der Waals surface area contributed by atoms with Gasteiger partial charge in [-0.3, -0.25) is 0 Å². The van der Waals surface area contributed by atoms with Gasteiger partial charge in [-0.15, -0.1) is 5.10 Å². The van der Waals surface area contributed by atoms with Crippen molar-refractivity contribution in [3.8, 4) is 22.8 Å². The lowest BCUT2D eigenvalue weighted by Gasteiger charge is -2.15. The van der Waals surface area contributed by atoms with Gasteiger partial charge in [-0.1, -0.05) is 0 Å². The first-order chi connectivity index (χ1) is 11.0. The molecule has 9 heteroatoms. The molecule has 1 aromatic heterocycles. The van der Waals surface area contributed by atoms with Gasteiger partial charge in [-0.2, -0.15) is 10.3 Å². The van der Waals surface area contributed by atoms with E-state index in [4.69, 9.17) is 14.2 Å². The van der Waals surface area contributed by atoms with E-state index in [0.29, 0.717) is 38.3 Å². The van der Waals surface area contributed by atoms with Gasteiger partial charge < -0.3 is 14.2 Å². The average Bonchev–Trinajstić information content (AvgIpc) is 3.01. The molecule has 0 unspecified atom stereocenters. The lowest BCUT2D eigenvalue weighted by Crippen LogP contribution is -2.07. The van der Waals surface area contributed by atoms with Gasteiger partial charge in [0.2, 0.25) is 0 Å². The van der Waals surface area contributed by atoms with Gasteiger partial charge in [-0.05, 0) is 51.8 Å². The van der Waals surface area contributed by atoms with Crippen LogP contribution in [0.25, 0.3) is 11.3 Å². The Kier molecular flexibility index (Phi) is 6.00. The number of halogens is 2. The smallest absolute Gasteiger partial charge is 0.361 e. The second kappa shape index (κ2) is 7.78. The molecule has 0 saturated heterocycles. The number of aromatic nitrogens is 3. The van der Waals surface area contributed by atoms with Crippen molar-refractivity contribution in [3.63, 3.8) is 0 Å². The van der Waals surface area contributed by atoms with Gasteiger partial charge in [0.15, 0.2) is 17.2 Å². The van der Waals surface area contributed by atoms with Crippen LogP contribution in [0.1, 0.15) is 24.3 Å². The number of esters is 1. The zero-order valence-corrected chi connectivity index (χ0v) is 15.9. The molecule has 1 heterocycles. The van der Waals surface area contributed by atoms with Crippen LogP contribution in [0.3, 0.4) is 0 Å². The molecule has 0 aliphatic rings. The molecule has 0 atom stereocenters. The Labute approximate surface area is 150 Å². The number of nitrogens with zero attached hydrogens (tertiary/aromatic N) is 2. The quantitative estimate of drug-likeness (QED) is 0.679. The van der Waals surface area contributed by atoms with E-state index in [1.807, 2.05) is 6.92 Å². The predicted molar refractivity (Wildman–Crippen MR) is 90.9 cm³/mol. The summed E-state index contributed by atoms with van der Waals surface area (Å²) in [6, 6.07) is 1.73. The number of benzene rings is 1. The maximum absolute atomic E-state index is 12.0. The molecule has 0 fully saturated rings. The molecule has 0 aliphatic carbocycles. The number of ether oxygens (including phenoxy) is 3. The van der Waals surface area contributed by atoms with Crippen LogP contribution >= 0.6 is 31.9 Å². The second-order valence-electron chi connectivity index (χ2n) is 4.26. The summed E-state index contributed by atoms with van der Waals surface area (Å²) >= 11 is 6.95. The minimum atomic E-state index is -0.548. The van der Waals surface area contributed by atoms with Crippen molar-refractivity contribution in [2.75, 3.05) is 20.3 Å². The fourth-order valence-corrected chi connectivity index (χ4v) is 3.02. The SMILES string of the molecule is CCOC(=O)c1n[nH]nc1-c1cc(OCC)c(OC)c(Br)c1Br. The lowest BCUT2D eigenvalue weighted by atomic mass is 10.1. The summed E-state index contributed by atoms with van der Waals surface area (Å²) in [7, 11) is 1.55. The molecular weight excluding hydrogens is 434 g/mol. The molecule has 0 saturated carbocycles. The normalized spacial score (nSPS) is 10.5. The first-order valence-electron chi connectivity index (χ1n) is 6.82. The molecule has 0 amide bonds. The van der Waals surface area contributed by atoms with Crippen LogP contribution in [0.2, 0.25) is 0 Å². The third-order valence-corrected chi connectivity index (χ3v) is 5.02. The van der Waals surface area contributed by atoms with Crippen molar-refractivity contribution in [2.24, 2.45) is 0 Å². The molecule has 0 aliphatic heterocycles. The highest BCUT2D eigenvalue weighted by molar-refractivity contribution is 9.13. The van der Waals surface area contributed by atoms with E-state index >= 15 is 0 Å². The van der Waals surface area contributed by atoms with Crippen LogP contribution in [-0.2, 0) is 4.74 Å². The van der Waals surface area contributed by atoms with Gasteiger partial charge in [-0.25, -0.2) is 4.79 Å². The molecular formula is C14H15Br2N3O4. The maximum Gasteiger partial charge on any atom is 0.361 e. The van der Waals surface area contributed by atoms with E-state index in [2.05, 4.69) is 47.3 Å². The number of H-pyrrole nitrogens is 1. The summed E-state index contributed by atoms with van der Waals surface area (Å²) in [5, 5.41) is 10.4.